The van der Waals surface area contributed by atoms with E-state index in [1.165, 1.54) is 12.8 Å². The monoisotopic (exact) mass is 286 g/mol. The van der Waals surface area contributed by atoms with Gasteiger partial charge in [0, 0.05) is 6.54 Å². The molecule has 0 aliphatic heterocycles. The quantitative estimate of drug-likeness (QED) is 0.773. The Morgan fingerprint density at radius 1 is 1.38 bits per heavy atom. The van der Waals surface area contributed by atoms with Crippen LogP contribution in [-0.4, -0.2) is 9.55 Å². The molecule has 3 rings (SSSR count). The largest absolute Gasteiger partial charge is 0.330 e. The molecular formula is C11H9BrF2N2. The van der Waals surface area contributed by atoms with Gasteiger partial charge < -0.3 is 4.57 Å². The Hall–Kier alpha value is -0.970. The number of fused-ring (bicyclic) bond motifs is 1. The van der Waals surface area contributed by atoms with Crippen molar-refractivity contribution in [1.82, 2.24) is 9.55 Å². The van der Waals surface area contributed by atoms with Gasteiger partial charge in [0.05, 0.1) is 16.3 Å². The minimum absolute atomic E-state index is 0.112. The molecule has 0 N–H and O–H groups in total. The summed E-state index contributed by atoms with van der Waals surface area (Å²) in [6, 6.07) is 1.59. The zero-order chi connectivity index (χ0) is 11.3. The van der Waals surface area contributed by atoms with Gasteiger partial charge in [0.2, 0.25) is 0 Å². The van der Waals surface area contributed by atoms with Crippen LogP contribution in [0.4, 0.5) is 8.78 Å². The fourth-order valence-electron chi connectivity index (χ4n) is 1.83. The molecule has 0 radical (unpaired) electrons. The summed E-state index contributed by atoms with van der Waals surface area (Å²) >= 11 is 3.01. The number of aromatic nitrogens is 2. The second-order valence-corrected chi connectivity index (χ2v) is 5.05. The molecule has 1 heterocycles. The van der Waals surface area contributed by atoms with E-state index in [9.17, 15) is 8.78 Å². The molecule has 1 aliphatic carbocycles. The van der Waals surface area contributed by atoms with Gasteiger partial charge in [-0.3, -0.25) is 0 Å². The summed E-state index contributed by atoms with van der Waals surface area (Å²) in [4.78, 5) is 3.93. The molecule has 1 aliphatic rings. The third kappa shape index (κ3) is 1.54. The second kappa shape index (κ2) is 3.52. The van der Waals surface area contributed by atoms with Crippen LogP contribution in [0.2, 0.25) is 0 Å². The molecule has 2 nitrogen and oxygen atoms in total. The lowest BCUT2D eigenvalue weighted by atomic mass is 10.3. The maximum Gasteiger partial charge on any atom is 0.187 e. The smallest absolute Gasteiger partial charge is 0.187 e. The van der Waals surface area contributed by atoms with E-state index in [1.807, 2.05) is 4.57 Å². The van der Waals surface area contributed by atoms with E-state index in [1.54, 1.807) is 12.4 Å². The number of nitrogens with zero attached hydrogens (tertiary/aromatic N) is 2. The molecule has 0 saturated heterocycles. The average Bonchev–Trinajstić information content (AvgIpc) is 2.98. The molecule has 0 atom stereocenters. The third-order valence-electron chi connectivity index (χ3n) is 2.90. The Labute approximate surface area is 99.4 Å². The van der Waals surface area contributed by atoms with Crippen molar-refractivity contribution in [3.05, 3.63) is 28.5 Å². The zero-order valence-electron chi connectivity index (χ0n) is 8.38. The van der Waals surface area contributed by atoms with Crippen LogP contribution >= 0.6 is 15.9 Å². The van der Waals surface area contributed by atoms with Gasteiger partial charge in [-0.05, 0) is 40.8 Å². The van der Waals surface area contributed by atoms with Crippen molar-refractivity contribution >= 4 is 27.0 Å². The van der Waals surface area contributed by atoms with E-state index in [-0.39, 0.29) is 9.99 Å². The zero-order valence-corrected chi connectivity index (χ0v) is 9.97. The lowest BCUT2D eigenvalue weighted by molar-refractivity contribution is 0.511. The maximum atomic E-state index is 13.5. The summed E-state index contributed by atoms with van der Waals surface area (Å²) in [6.45, 7) is 0.841. The van der Waals surface area contributed by atoms with Crippen LogP contribution in [0.15, 0.2) is 16.9 Å². The first-order valence-corrected chi connectivity index (χ1v) is 5.94. The highest BCUT2D eigenvalue weighted by Crippen LogP contribution is 2.33. The molecule has 0 spiro atoms. The average molecular weight is 287 g/mol. The lowest BCUT2D eigenvalue weighted by Gasteiger charge is -2.03. The topological polar surface area (TPSA) is 17.8 Å². The third-order valence-corrected chi connectivity index (χ3v) is 3.48. The Balaban J connectivity index is 2.17. The van der Waals surface area contributed by atoms with Crippen LogP contribution in [0.1, 0.15) is 12.8 Å². The van der Waals surface area contributed by atoms with Gasteiger partial charge in [-0.15, -0.1) is 0 Å². The minimum atomic E-state index is -0.876. The molecule has 1 aromatic heterocycles. The van der Waals surface area contributed by atoms with E-state index in [0.29, 0.717) is 11.4 Å². The van der Waals surface area contributed by atoms with Crippen LogP contribution in [0.25, 0.3) is 11.0 Å². The van der Waals surface area contributed by atoms with E-state index < -0.39 is 11.6 Å². The molecule has 0 unspecified atom stereocenters. The van der Waals surface area contributed by atoms with Gasteiger partial charge in [0.15, 0.2) is 11.6 Å². The SMILES string of the molecule is Fc1c(Br)cc2c(ncn2CC2CC2)c1F. The van der Waals surface area contributed by atoms with Crippen LogP contribution in [0.3, 0.4) is 0 Å². The summed E-state index contributed by atoms with van der Waals surface area (Å²) < 4.78 is 28.9. The molecule has 2 aromatic rings. The van der Waals surface area contributed by atoms with Gasteiger partial charge in [-0.2, -0.15) is 0 Å². The van der Waals surface area contributed by atoms with E-state index in [2.05, 4.69) is 20.9 Å². The summed E-state index contributed by atoms with van der Waals surface area (Å²) in [5.41, 5.74) is 0.763. The van der Waals surface area contributed by atoms with Crippen LogP contribution in [0, 0.1) is 17.6 Å². The first-order chi connectivity index (χ1) is 7.66. The Morgan fingerprint density at radius 3 is 2.81 bits per heavy atom. The van der Waals surface area contributed by atoms with E-state index in [4.69, 9.17) is 0 Å². The van der Waals surface area contributed by atoms with Gasteiger partial charge in [-0.1, -0.05) is 0 Å². The molecule has 1 saturated carbocycles. The molecule has 0 bridgehead atoms. The van der Waals surface area contributed by atoms with Gasteiger partial charge in [0.1, 0.15) is 5.52 Å². The van der Waals surface area contributed by atoms with Crippen molar-refractivity contribution in [3.63, 3.8) is 0 Å². The van der Waals surface area contributed by atoms with E-state index in [0.717, 1.165) is 6.54 Å². The fourth-order valence-corrected chi connectivity index (χ4v) is 2.22. The van der Waals surface area contributed by atoms with Crippen molar-refractivity contribution in [2.75, 3.05) is 0 Å². The standard InChI is InChI=1S/C11H9BrF2N2/c12-7-3-8-11(10(14)9(7)13)15-5-16(8)4-6-1-2-6/h3,5-6H,1-2,4H2. The lowest BCUT2D eigenvalue weighted by Crippen LogP contribution is -1.98. The van der Waals surface area contributed by atoms with Crippen molar-refractivity contribution in [1.29, 1.82) is 0 Å². The van der Waals surface area contributed by atoms with Gasteiger partial charge >= 0.3 is 0 Å². The molecule has 84 valence electrons. The number of hydrogen-bond acceptors (Lipinski definition) is 1. The van der Waals surface area contributed by atoms with Crippen molar-refractivity contribution in [2.45, 2.75) is 19.4 Å². The van der Waals surface area contributed by atoms with Crippen LogP contribution in [-0.2, 0) is 6.54 Å². The highest BCUT2D eigenvalue weighted by atomic mass is 79.9. The Kier molecular flexibility index (Phi) is 2.24. The number of hydrogen-bond donors (Lipinski definition) is 0. The predicted molar refractivity (Wildman–Crippen MR) is 60.1 cm³/mol. The normalized spacial score (nSPS) is 15.9. The van der Waals surface area contributed by atoms with Gasteiger partial charge in [0.25, 0.3) is 0 Å². The molecule has 5 heteroatoms. The Morgan fingerprint density at radius 2 is 2.12 bits per heavy atom. The summed E-state index contributed by atoms with van der Waals surface area (Å²) in [5, 5.41) is 0. The number of benzene rings is 1. The Bertz CT molecular complexity index is 561. The molecule has 0 amide bonds. The molecular weight excluding hydrogens is 278 g/mol. The first-order valence-electron chi connectivity index (χ1n) is 5.15. The number of halogens is 3. The summed E-state index contributed by atoms with van der Waals surface area (Å²) in [5.74, 6) is -1.08. The molecule has 16 heavy (non-hydrogen) atoms. The summed E-state index contributed by atoms with van der Waals surface area (Å²) in [6.07, 6.45) is 4.01. The minimum Gasteiger partial charge on any atom is -0.330 e. The number of rotatable bonds is 2. The number of imidazole rings is 1. The predicted octanol–water partition coefficient (Wildman–Crippen LogP) is 3.49. The van der Waals surface area contributed by atoms with Crippen molar-refractivity contribution < 1.29 is 8.78 Å². The highest BCUT2D eigenvalue weighted by Gasteiger charge is 2.23. The molecule has 1 fully saturated rings. The van der Waals surface area contributed by atoms with Gasteiger partial charge in [-0.25, -0.2) is 13.8 Å². The fraction of sp³-hybridized carbons (Fsp3) is 0.364. The first kappa shape index (κ1) is 10.2. The van der Waals surface area contributed by atoms with Crippen LogP contribution < -0.4 is 0 Å². The molecule has 1 aromatic carbocycles. The summed E-state index contributed by atoms with van der Waals surface area (Å²) in [7, 11) is 0. The van der Waals surface area contributed by atoms with E-state index >= 15 is 0 Å². The maximum absolute atomic E-state index is 13.5. The van der Waals surface area contributed by atoms with Crippen molar-refractivity contribution in [3.8, 4) is 0 Å². The van der Waals surface area contributed by atoms with Crippen LogP contribution in [0.5, 0.6) is 0 Å². The second-order valence-electron chi connectivity index (χ2n) is 4.19. The highest BCUT2D eigenvalue weighted by molar-refractivity contribution is 9.10. The van der Waals surface area contributed by atoms with Crippen molar-refractivity contribution in [2.24, 2.45) is 5.92 Å².